The van der Waals surface area contributed by atoms with Crippen molar-refractivity contribution in [2.24, 2.45) is 5.73 Å². The molecule has 0 aromatic carbocycles. The smallest absolute Gasteiger partial charge is 0.222 e. The summed E-state index contributed by atoms with van der Waals surface area (Å²) >= 11 is 0. The van der Waals surface area contributed by atoms with Gasteiger partial charge in [0.05, 0.1) is 0 Å². The molecule has 1 aliphatic rings. The van der Waals surface area contributed by atoms with Gasteiger partial charge in [-0.05, 0) is 19.8 Å². The number of hydrogen-bond acceptors (Lipinski definition) is 2. The van der Waals surface area contributed by atoms with Crippen molar-refractivity contribution in [3.05, 3.63) is 0 Å². The lowest BCUT2D eigenvalue weighted by Gasteiger charge is -2.31. The van der Waals surface area contributed by atoms with Crippen LogP contribution in [0.3, 0.4) is 0 Å². The van der Waals surface area contributed by atoms with Crippen LogP contribution in [0.25, 0.3) is 0 Å². The first kappa shape index (κ1) is 8.53. The summed E-state index contributed by atoms with van der Waals surface area (Å²) in [5.41, 5.74) is 5.47. The van der Waals surface area contributed by atoms with Gasteiger partial charge in [-0.1, -0.05) is 0 Å². The molecule has 0 aromatic heterocycles. The molecule has 1 amide bonds. The molecule has 3 heteroatoms. The number of likely N-dealkylation sites (tertiary alicyclic amines) is 1. The van der Waals surface area contributed by atoms with Gasteiger partial charge in [-0.3, -0.25) is 4.79 Å². The van der Waals surface area contributed by atoms with Gasteiger partial charge in [0.2, 0.25) is 5.91 Å². The molecule has 1 saturated heterocycles. The Labute approximate surface area is 67.5 Å². The number of nitrogens with two attached hydrogens (primary N) is 1. The molecule has 1 heterocycles. The largest absolute Gasteiger partial charge is 0.339 e. The van der Waals surface area contributed by atoms with Gasteiger partial charge < -0.3 is 10.6 Å². The highest BCUT2D eigenvalue weighted by molar-refractivity contribution is 5.77. The van der Waals surface area contributed by atoms with Crippen LogP contribution in [0.2, 0.25) is 0 Å². The molecule has 0 bridgehead atoms. The first-order chi connectivity index (χ1) is 5.25. The lowest BCUT2D eigenvalue weighted by molar-refractivity contribution is -0.135. The summed E-state index contributed by atoms with van der Waals surface area (Å²) in [6.07, 6.45) is 2.90. The summed E-state index contributed by atoms with van der Waals surface area (Å²) in [5.74, 6) is 0.272. The maximum atomic E-state index is 11.3. The molecular weight excluding hydrogens is 140 g/mol. The van der Waals surface area contributed by atoms with Crippen LogP contribution in [-0.2, 0) is 4.79 Å². The van der Waals surface area contributed by atoms with Crippen LogP contribution in [0.1, 0.15) is 26.2 Å². The van der Waals surface area contributed by atoms with Crippen molar-refractivity contribution in [3.8, 4) is 0 Å². The van der Waals surface area contributed by atoms with Gasteiger partial charge in [0.15, 0.2) is 0 Å². The van der Waals surface area contributed by atoms with Gasteiger partial charge in [-0.25, -0.2) is 0 Å². The molecule has 3 nitrogen and oxygen atoms in total. The number of carbonyl (C=O) groups is 1. The number of carbonyl (C=O) groups excluding carboxylic acids is 1. The van der Waals surface area contributed by atoms with Crippen LogP contribution in [0.15, 0.2) is 0 Å². The molecule has 11 heavy (non-hydrogen) atoms. The van der Waals surface area contributed by atoms with Crippen molar-refractivity contribution < 1.29 is 4.79 Å². The number of piperidine rings is 1. The molecule has 64 valence electrons. The molecule has 0 unspecified atom stereocenters. The Morgan fingerprint density at radius 3 is 2.91 bits per heavy atom. The van der Waals surface area contributed by atoms with Gasteiger partial charge in [0.25, 0.3) is 0 Å². The molecule has 0 saturated carbocycles. The predicted molar refractivity (Wildman–Crippen MR) is 44.1 cm³/mol. The minimum absolute atomic E-state index is 0.225. The topological polar surface area (TPSA) is 46.3 Å². The average molecular weight is 156 g/mol. The maximum Gasteiger partial charge on any atom is 0.222 e. The van der Waals surface area contributed by atoms with E-state index in [9.17, 15) is 4.79 Å². The summed E-state index contributed by atoms with van der Waals surface area (Å²) in [6.45, 7) is 3.48. The van der Waals surface area contributed by atoms with E-state index >= 15 is 0 Å². The highest BCUT2D eigenvalue weighted by atomic mass is 16.2. The zero-order valence-electron chi connectivity index (χ0n) is 7.05. The van der Waals surface area contributed by atoms with Gasteiger partial charge in [0, 0.05) is 25.6 Å². The second kappa shape index (κ2) is 3.72. The second-order valence-corrected chi connectivity index (χ2v) is 3.13. The Hall–Kier alpha value is -0.570. The molecule has 1 atom stereocenters. The van der Waals surface area contributed by atoms with Crippen LogP contribution >= 0.6 is 0 Å². The maximum absolute atomic E-state index is 11.3. The molecule has 0 spiro atoms. The molecule has 0 radical (unpaired) electrons. The fraction of sp³-hybridized carbons (Fsp3) is 0.875. The van der Waals surface area contributed by atoms with Crippen molar-refractivity contribution in [2.75, 3.05) is 13.1 Å². The van der Waals surface area contributed by atoms with Crippen molar-refractivity contribution in [1.29, 1.82) is 0 Å². The molecule has 1 fully saturated rings. The molecule has 2 N–H and O–H groups in total. The third kappa shape index (κ3) is 1.93. The Balaban J connectivity index is 2.47. The normalized spacial score (nSPS) is 22.0. The van der Waals surface area contributed by atoms with E-state index in [0.29, 0.717) is 13.0 Å². The first-order valence-electron chi connectivity index (χ1n) is 4.25. The Morgan fingerprint density at radius 1 is 1.64 bits per heavy atom. The zero-order chi connectivity index (χ0) is 8.27. The minimum atomic E-state index is 0.225. The monoisotopic (exact) mass is 156 g/mol. The quantitative estimate of drug-likeness (QED) is 0.627. The van der Waals surface area contributed by atoms with Crippen LogP contribution < -0.4 is 5.73 Å². The van der Waals surface area contributed by atoms with E-state index in [1.54, 1.807) is 0 Å². The summed E-state index contributed by atoms with van der Waals surface area (Å²) in [6, 6.07) is 0.225. The first-order valence-corrected chi connectivity index (χ1v) is 4.25. The number of hydrogen-bond donors (Lipinski definition) is 1. The van der Waals surface area contributed by atoms with Gasteiger partial charge in [-0.2, -0.15) is 0 Å². The van der Waals surface area contributed by atoms with E-state index < -0.39 is 0 Å². The fourth-order valence-corrected chi connectivity index (χ4v) is 1.42. The van der Waals surface area contributed by atoms with Gasteiger partial charge in [0.1, 0.15) is 0 Å². The van der Waals surface area contributed by atoms with E-state index in [1.807, 2.05) is 11.8 Å². The number of amides is 1. The molecule has 1 rings (SSSR count). The summed E-state index contributed by atoms with van der Waals surface area (Å²) < 4.78 is 0. The predicted octanol–water partition coefficient (Wildman–Crippen LogP) is 0.346. The second-order valence-electron chi connectivity index (χ2n) is 3.13. The van der Waals surface area contributed by atoms with E-state index in [0.717, 1.165) is 19.4 Å². The van der Waals surface area contributed by atoms with E-state index in [1.165, 1.54) is 0 Å². The Morgan fingerprint density at radius 2 is 2.36 bits per heavy atom. The van der Waals surface area contributed by atoms with Gasteiger partial charge >= 0.3 is 0 Å². The van der Waals surface area contributed by atoms with Crippen LogP contribution in [0.4, 0.5) is 0 Å². The summed E-state index contributed by atoms with van der Waals surface area (Å²) in [4.78, 5) is 13.2. The number of nitrogens with zero attached hydrogens (tertiary/aromatic N) is 1. The van der Waals surface area contributed by atoms with Gasteiger partial charge in [-0.15, -0.1) is 0 Å². The third-order valence-electron chi connectivity index (χ3n) is 2.23. The van der Waals surface area contributed by atoms with Crippen molar-refractivity contribution in [1.82, 2.24) is 4.90 Å². The molecule has 0 aromatic rings. The lowest BCUT2D eigenvalue weighted by Crippen LogP contribution is -2.45. The fourth-order valence-electron chi connectivity index (χ4n) is 1.42. The highest BCUT2D eigenvalue weighted by Crippen LogP contribution is 2.12. The van der Waals surface area contributed by atoms with Crippen molar-refractivity contribution >= 4 is 5.91 Å². The van der Waals surface area contributed by atoms with Crippen LogP contribution in [0.5, 0.6) is 0 Å². The molecule has 1 aliphatic heterocycles. The average Bonchev–Trinajstić information content (AvgIpc) is 2.04. The van der Waals surface area contributed by atoms with Crippen LogP contribution in [0, 0.1) is 0 Å². The number of rotatable bonds is 2. The Kier molecular flexibility index (Phi) is 2.88. The summed E-state index contributed by atoms with van der Waals surface area (Å²) in [5, 5.41) is 0. The van der Waals surface area contributed by atoms with Crippen LogP contribution in [-0.4, -0.2) is 29.9 Å². The Bertz CT molecular complexity index is 147. The molecular formula is C8H16N2O. The molecule has 0 aliphatic carbocycles. The van der Waals surface area contributed by atoms with E-state index in [2.05, 4.69) is 0 Å². The minimum Gasteiger partial charge on any atom is -0.339 e. The van der Waals surface area contributed by atoms with E-state index in [-0.39, 0.29) is 11.9 Å². The zero-order valence-corrected chi connectivity index (χ0v) is 7.05. The SMILES string of the molecule is C[C@@H](CN)N1CCCCC1=O. The van der Waals surface area contributed by atoms with Crippen molar-refractivity contribution in [2.45, 2.75) is 32.2 Å². The van der Waals surface area contributed by atoms with Crippen molar-refractivity contribution in [3.63, 3.8) is 0 Å². The standard InChI is InChI=1S/C8H16N2O/c1-7(6-9)10-5-3-2-4-8(10)11/h7H,2-6,9H2,1H3/t7-/m0/s1. The third-order valence-corrected chi connectivity index (χ3v) is 2.23. The lowest BCUT2D eigenvalue weighted by atomic mass is 10.1. The highest BCUT2D eigenvalue weighted by Gasteiger charge is 2.21. The summed E-state index contributed by atoms with van der Waals surface area (Å²) in [7, 11) is 0. The van der Waals surface area contributed by atoms with E-state index in [4.69, 9.17) is 5.73 Å².